The number of nitrogens with one attached hydrogen (secondary N) is 1. The topological polar surface area (TPSA) is 54.9 Å². The predicted octanol–water partition coefficient (Wildman–Crippen LogP) is 4.15. The van der Waals surface area contributed by atoms with Crippen molar-refractivity contribution in [1.82, 2.24) is 9.97 Å². The van der Waals surface area contributed by atoms with Crippen molar-refractivity contribution in [3.63, 3.8) is 0 Å². The molecular weight excluding hydrogens is 317 g/mol. The molecule has 0 atom stereocenters. The summed E-state index contributed by atoms with van der Waals surface area (Å²) in [6.45, 7) is 1.98. The van der Waals surface area contributed by atoms with Crippen molar-refractivity contribution in [2.24, 2.45) is 0 Å². The van der Waals surface area contributed by atoms with Crippen LogP contribution >= 0.6 is 35.0 Å². The Morgan fingerprint density at radius 2 is 2.00 bits per heavy atom. The molecule has 0 radical (unpaired) electrons. The first kappa shape index (κ1) is 15.1. The number of hydrogen-bond donors (Lipinski definition) is 1. The Labute approximate surface area is 130 Å². The van der Waals surface area contributed by atoms with Crippen molar-refractivity contribution in [3.8, 4) is 0 Å². The van der Waals surface area contributed by atoms with Gasteiger partial charge in [-0.3, -0.25) is 4.79 Å². The van der Waals surface area contributed by atoms with E-state index < -0.39 is 0 Å². The highest BCUT2D eigenvalue weighted by molar-refractivity contribution is 7.99. The monoisotopic (exact) mass is 327 g/mol. The van der Waals surface area contributed by atoms with E-state index >= 15 is 0 Å². The number of benzene rings is 1. The van der Waals surface area contributed by atoms with Crippen LogP contribution in [0.25, 0.3) is 0 Å². The Morgan fingerprint density at radius 1 is 1.30 bits per heavy atom. The van der Waals surface area contributed by atoms with Crippen LogP contribution in [0.15, 0.2) is 35.6 Å². The van der Waals surface area contributed by atoms with Gasteiger partial charge in [-0.25, -0.2) is 9.97 Å². The standard InChI is InChI=1S/C13H11Cl2N3OS/c1-2-20-13-16-7-10(15)11(18-13)12(19)17-9-5-3-8(14)4-6-9/h3-7H,2H2,1H3,(H,17,19). The van der Waals surface area contributed by atoms with Crippen LogP contribution in [0.2, 0.25) is 10.0 Å². The number of carbonyl (C=O) groups is 1. The number of thioether (sulfide) groups is 1. The van der Waals surface area contributed by atoms with Crippen molar-refractivity contribution in [2.75, 3.05) is 11.1 Å². The van der Waals surface area contributed by atoms with Crippen LogP contribution in [0.1, 0.15) is 17.4 Å². The predicted molar refractivity (Wildman–Crippen MR) is 82.8 cm³/mol. The molecule has 0 spiro atoms. The van der Waals surface area contributed by atoms with Crippen LogP contribution in [0.5, 0.6) is 0 Å². The maximum Gasteiger partial charge on any atom is 0.275 e. The van der Waals surface area contributed by atoms with Crippen molar-refractivity contribution in [1.29, 1.82) is 0 Å². The molecule has 1 heterocycles. The van der Waals surface area contributed by atoms with Gasteiger partial charge in [0.25, 0.3) is 5.91 Å². The second-order valence-corrected chi connectivity index (χ2v) is 5.82. The van der Waals surface area contributed by atoms with Gasteiger partial charge in [0.05, 0.1) is 11.2 Å². The van der Waals surface area contributed by atoms with Crippen LogP contribution in [0, 0.1) is 0 Å². The molecule has 1 aromatic carbocycles. The second kappa shape index (κ2) is 6.92. The third-order valence-electron chi connectivity index (χ3n) is 2.31. The first-order chi connectivity index (χ1) is 9.60. The van der Waals surface area contributed by atoms with Crippen LogP contribution in [-0.2, 0) is 0 Å². The van der Waals surface area contributed by atoms with Crippen LogP contribution < -0.4 is 5.32 Å². The Bertz CT molecular complexity index is 620. The molecule has 2 aromatic rings. The maximum atomic E-state index is 12.1. The number of carbonyl (C=O) groups excluding carboxylic acids is 1. The van der Waals surface area contributed by atoms with Crippen molar-refractivity contribution in [2.45, 2.75) is 12.1 Å². The van der Waals surface area contributed by atoms with Crippen molar-refractivity contribution in [3.05, 3.63) is 46.2 Å². The van der Waals surface area contributed by atoms with Gasteiger partial charge in [0.1, 0.15) is 0 Å². The molecule has 104 valence electrons. The lowest BCUT2D eigenvalue weighted by molar-refractivity contribution is 0.102. The molecule has 0 saturated heterocycles. The number of amides is 1. The molecule has 4 nitrogen and oxygen atoms in total. The number of rotatable bonds is 4. The van der Waals surface area contributed by atoms with Crippen molar-refractivity contribution < 1.29 is 4.79 Å². The van der Waals surface area contributed by atoms with Crippen LogP contribution in [0.4, 0.5) is 5.69 Å². The molecule has 0 bridgehead atoms. The van der Waals surface area contributed by atoms with E-state index in [0.29, 0.717) is 15.9 Å². The Hall–Kier alpha value is -1.30. The molecule has 20 heavy (non-hydrogen) atoms. The maximum absolute atomic E-state index is 12.1. The van der Waals surface area contributed by atoms with Gasteiger partial charge >= 0.3 is 0 Å². The van der Waals surface area contributed by atoms with E-state index in [0.717, 1.165) is 5.75 Å². The average Bonchev–Trinajstić information content (AvgIpc) is 2.43. The zero-order valence-corrected chi connectivity index (χ0v) is 12.9. The highest BCUT2D eigenvalue weighted by atomic mass is 35.5. The Morgan fingerprint density at radius 3 is 2.65 bits per heavy atom. The van der Waals surface area contributed by atoms with E-state index in [2.05, 4.69) is 15.3 Å². The van der Waals surface area contributed by atoms with E-state index in [1.165, 1.54) is 18.0 Å². The summed E-state index contributed by atoms with van der Waals surface area (Å²) < 4.78 is 0. The van der Waals surface area contributed by atoms with E-state index in [1.54, 1.807) is 24.3 Å². The first-order valence-corrected chi connectivity index (χ1v) is 7.56. The summed E-state index contributed by atoms with van der Waals surface area (Å²) in [7, 11) is 0. The van der Waals surface area contributed by atoms with E-state index in [9.17, 15) is 4.79 Å². The van der Waals surface area contributed by atoms with Gasteiger partial charge in [0, 0.05) is 10.7 Å². The lowest BCUT2D eigenvalue weighted by Gasteiger charge is -2.07. The molecule has 1 amide bonds. The molecule has 0 aliphatic carbocycles. The summed E-state index contributed by atoms with van der Waals surface area (Å²) >= 11 is 13.2. The minimum Gasteiger partial charge on any atom is -0.321 e. The third kappa shape index (κ3) is 3.85. The molecule has 2 rings (SSSR count). The van der Waals surface area contributed by atoms with Crippen LogP contribution in [0.3, 0.4) is 0 Å². The van der Waals surface area contributed by atoms with E-state index in [4.69, 9.17) is 23.2 Å². The zero-order chi connectivity index (χ0) is 14.5. The molecule has 1 N–H and O–H groups in total. The van der Waals surface area contributed by atoms with Gasteiger partial charge in [-0.15, -0.1) is 0 Å². The minimum atomic E-state index is -0.377. The fourth-order valence-corrected chi connectivity index (χ4v) is 2.28. The van der Waals surface area contributed by atoms with Crippen LogP contribution in [-0.4, -0.2) is 21.6 Å². The summed E-state index contributed by atoms with van der Waals surface area (Å²) in [6.07, 6.45) is 1.43. The average molecular weight is 328 g/mol. The van der Waals surface area contributed by atoms with Gasteiger partial charge in [-0.2, -0.15) is 0 Å². The fraction of sp³-hybridized carbons (Fsp3) is 0.154. The van der Waals surface area contributed by atoms with Gasteiger partial charge in [0.2, 0.25) is 0 Å². The Kier molecular flexibility index (Phi) is 5.23. The quantitative estimate of drug-likeness (QED) is 0.677. The molecule has 0 saturated carbocycles. The van der Waals surface area contributed by atoms with Gasteiger partial charge in [-0.1, -0.05) is 41.9 Å². The minimum absolute atomic E-state index is 0.160. The van der Waals surface area contributed by atoms with E-state index in [-0.39, 0.29) is 16.6 Å². The summed E-state index contributed by atoms with van der Waals surface area (Å²) in [4.78, 5) is 20.4. The fourth-order valence-electron chi connectivity index (χ4n) is 1.43. The molecule has 0 aliphatic heterocycles. The summed E-state index contributed by atoms with van der Waals surface area (Å²) in [5, 5.41) is 4.06. The first-order valence-electron chi connectivity index (χ1n) is 5.82. The molecule has 7 heteroatoms. The number of aromatic nitrogens is 2. The summed E-state index contributed by atoms with van der Waals surface area (Å²) in [6, 6.07) is 6.79. The molecule has 0 aliphatic rings. The highest BCUT2D eigenvalue weighted by Gasteiger charge is 2.14. The number of halogens is 2. The SMILES string of the molecule is CCSc1ncc(Cl)c(C(=O)Nc2ccc(Cl)cc2)n1. The molecular formula is C13H11Cl2N3OS. The number of nitrogens with zero attached hydrogens (tertiary/aromatic N) is 2. The lowest BCUT2D eigenvalue weighted by atomic mass is 10.3. The molecule has 0 unspecified atom stereocenters. The summed E-state index contributed by atoms with van der Waals surface area (Å²) in [5.41, 5.74) is 0.784. The largest absolute Gasteiger partial charge is 0.321 e. The highest BCUT2D eigenvalue weighted by Crippen LogP contribution is 2.20. The van der Waals surface area contributed by atoms with Gasteiger partial charge in [0.15, 0.2) is 10.9 Å². The van der Waals surface area contributed by atoms with Gasteiger partial charge < -0.3 is 5.32 Å². The molecule has 1 aromatic heterocycles. The third-order valence-corrected chi connectivity index (χ3v) is 3.58. The van der Waals surface area contributed by atoms with Crippen molar-refractivity contribution >= 4 is 46.6 Å². The Balaban J connectivity index is 2.19. The molecule has 0 fully saturated rings. The number of anilines is 1. The second-order valence-electron chi connectivity index (χ2n) is 3.74. The normalized spacial score (nSPS) is 10.3. The van der Waals surface area contributed by atoms with E-state index in [1.807, 2.05) is 6.92 Å². The van der Waals surface area contributed by atoms with Gasteiger partial charge in [-0.05, 0) is 30.0 Å². The number of hydrogen-bond acceptors (Lipinski definition) is 4. The smallest absolute Gasteiger partial charge is 0.275 e. The lowest BCUT2D eigenvalue weighted by Crippen LogP contribution is -2.15. The zero-order valence-electron chi connectivity index (χ0n) is 10.6. The summed E-state index contributed by atoms with van der Waals surface area (Å²) in [5.74, 6) is 0.442.